The van der Waals surface area contributed by atoms with Crippen molar-refractivity contribution in [3.8, 4) is 11.1 Å². The number of aldehydes is 1. The van der Waals surface area contributed by atoms with E-state index in [1.54, 1.807) is 84.9 Å². The van der Waals surface area contributed by atoms with Crippen LogP contribution in [0.1, 0.15) is 51.9 Å². The standard InChI is InChI=1S/C18H20O3S.C11H15BrO2S.C6H4BrClO2S/c1-18(2,3)13-22(20,21)17-7-5-4-6-16(17)15-10-8-14(12-19)9-11-15;1-11(2,3)8-15(13,14)10-7-5-4-6-9(10)12;7-5-3-1-2-4-6(5)11(8,9)10/h4-12H,13H2,1-3H3;4-7H,8H2,1-3H3;1-4H. The average molecular weight is 863 g/mol. The van der Waals surface area contributed by atoms with E-state index in [9.17, 15) is 30.0 Å². The zero-order valence-corrected chi connectivity index (χ0v) is 33.8. The fraction of sp³-hybridized carbons (Fsp3) is 0.286. The van der Waals surface area contributed by atoms with Gasteiger partial charge in [-0.15, -0.1) is 0 Å². The number of hydrogen-bond acceptors (Lipinski definition) is 7. The number of hydrogen-bond donors (Lipinski definition) is 0. The minimum Gasteiger partial charge on any atom is -0.298 e. The summed E-state index contributed by atoms with van der Waals surface area (Å²) in [6.07, 6.45) is 0.770. The Morgan fingerprint density at radius 2 is 0.938 bits per heavy atom. The molecule has 0 radical (unpaired) electrons. The topological polar surface area (TPSA) is 119 Å². The van der Waals surface area contributed by atoms with Crippen LogP contribution in [0.25, 0.3) is 11.1 Å². The fourth-order valence-corrected chi connectivity index (χ4v) is 11.6. The quantitative estimate of drug-likeness (QED) is 0.134. The summed E-state index contributed by atoms with van der Waals surface area (Å²) in [5.74, 6) is 0.242. The molecule has 4 aromatic carbocycles. The molecular formula is C35H39Br2ClO7S3. The van der Waals surface area contributed by atoms with Gasteiger partial charge in [0.25, 0.3) is 9.05 Å². The third-order valence-corrected chi connectivity index (χ3v) is 13.9. The molecular weight excluding hydrogens is 824 g/mol. The van der Waals surface area contributed by atoms with Crippen molar-refractivity contribution in [2.75, 3.05) is 11.5 Å². The second-order valence-electron chi connectivity index (χ2n) is 13.2. The molecule has 0 aromatic heterocycles. The van der Waals surface area contributed by atoms with Gasteiger partial charge in [-0.2, -0.15) is 0 Å². The summed E-state index contributed by atoms with van der Waals surface area (Å²) >= 11 is 6.33. The van der Waals surface area contributed by atoms with Crippen LogP contribution in [0.5, 0.6) is 0 Å². The first-order valence-corrected chi connectivity index (χ1v) is 21.7. The lowest BCUT2D eigenvalue weighted by molar-refractivity contribution is 0.112. The molecule has 0 heterocycles. The van der Waals surface area contributed by atoms with Crippen LogP contribution in [0, 0.1) is 10.8 Å². The monoisotopic (exact) mass is 860 g/mol. The first kappa shape index (κ1) is 41.8. The molecule has 4 aromatic rings. The number of benzene rings is 4. The van der Waals surface area contributed by atoms with Crippen LogP contribution >= 0.6 is 42.5 Å². The Labute approximate surface area is 306 Å². The summed E-state index contributed by atoms with van der Waals surface area (Å²) in [4.78, 5) is 11.6. The van der Waals surface area contributed by atoms with Crippen molar-refractivity contribution >= 4 is 77.6 Å². The van der Waals surface area contributed by atoms with Crippen molar-refractivity contribution in [3.05, 3.63) is 112 Å². The van der Waals surface area contributed by atoms with Gasteiger partial charge in [-0.25, -0.2) is 25.3 Å². The van der Waals surface area contributed by atoms with Crippen LogP contribution in [0.4, 0.5) is 0 Å². The molecule has 260 valence electrons. The van der Waals surface area contributed by atoms with E-state index in [-0.39, 0.29) is 27.2 Å². The van der Waals surface area contributed by atoms with E-state index in [0.29, 0.717) is 29.9 Å². The highest BCUT2D eigenvalue weighted by molar-refractivity contribution is 9.10. The highest BCUT2D eigenvalue weighted by Crippen LogP contribution is 2.31. The Hall–Kier alpha value is -2.35. The molecule has 0 saturated heterocycles. The molecule has 0 bridgehead atoms. The second kappa shape index (κ2) is 17.0. The summed E-state index contributed by atoms with van der Waals surface area (Å²) < 4.78 is 72.2. The van der Waals surface area contributed by atoms with Crippen molar-refractivity contribution in [3.63, 3.8) is 0 Å². The summed E-state index contributed by atoms with van der Waals surface area (Å²) in [6, 6.07) is 27.2. The molecule has 48 heavy (non-hydrogen) atoms. The van der Waals surface area contributed by atoms with Gasteiger partial charge in [-0.1, -0.05) is 108 Å². The molecule has 0 atom stereocenters. The second-order valence-corrected chi connectivity index (χ2v) is 21.3. The molecule has 0 spiro atoms. The highest BCUT2D eigenvalue weighted by Gasteiger charge is 2.26. The Morgan fingerprint density at radius 1 is 0.562 bits per heavy atom. The third kappa shape index (κ3) is 13.5. The predicted molar refractivity (Wildman–Crippen MR) is 202 cm³/mol. The van der Waals surface area contributed by atoms with Crippen molar-refractivity contribution in [1.29, 1.82) is 0 Å². The highest BCUT2D eigenvalue weighted by atomic mass is 79.9. The zero-order valence-electron chi connectivity index (χ0n) is 27.4. The Bertz CT molecular complexity index is 2030. The largest absolute Gasteiger partial charge is 0.298 e. The van der Waals surface area contributed by atoms with Crippen LogP contribution in [0.2, 0.25) is 0 Å². The zero-order chi connectivity index (χ0) is 36.6. The van der Waals surface area contributed by atoms with Crippen LogP contribution in [-0.4, -0.2) is 43.0 Å². The minimum atomic E-state index is -3.61. The molecule has 0 fully saturated rings. The van der Waals surface area contributed by atoms with Gasteiger partial charge >= 0.3 is 0 Å². The summed E-state index contributed by atoms with van der Waals surface area (Å²) in [6.45, 7) is 11.5. The normalized spacial score (nSPS) is 12.2. The van der Waals surface area contributed by atoms with E-state index in [4.69, 9.17) is 10.7 Å². The van der Waals surface area contributed by atoms with Crippen LogP contribution in [0.3, 0.4) is 0 Å². The van der Waals surface area contributed by atoms with E-state index < -0.39 is 28.7 Å². The molecule has 0 N–H and O–H groups in total. The van der Waals surface area contributed by atoms with Gasteiger partial charge in [0.1, 0.15) is 6.29 Å². The Morgan fingerprint density at radius 3 is 1.31 bits per heavy atom. The molecule has 0 amide bonds. The average Bonchev–Trinajstić information content (AvgIpc) is 2.95. The lowest BCUT2D eigenvalue weighted by atomic mass is 10.0. The number of carbonyl (C=O) groups is 1. The van der Waals surface area contributed by atoms with Gasteiger partial charge < -0.3 is 0 Å². The van der Waals surface area contributed by atoms with Crippen LogP contribution < -0.4 is 0 Å². The summed E-state index contributed by atoms with van der Waals surface area (Å²) in [5, 5.41) is 0. The fourth-order valence-electron chi connectivity index (χ4n) is 4.35. The molecule has 13 heteroatoms. The van der Waals surface area contributed by atoms with Crippen LogP contribution in [0.15, 0.2) is 121 Å². The molecule has 0 aliphatic rings. The van der Waals surface area contributed by atoms with Crippen molar-refractivity contribution in [2.24, 2.45) is 10.8 Å². The predicted octanol–water partition coefficient (Wildman–Crippen LogP) is 9.63. The minimum absolute atomic E-state index is 0.0867. The van der Waals surface area contributed by atoms with Gasteiger partial charge in [0.05, 0.1) is 26.2 Å². The molecule has 0 saturated carbocycles. The Kier molecular flexibility index (Phi) is 14.8. The van der Waals surface area contributed by atoms with Crippen molar-refractivity contribution < 1.29 is 30.0 Å². The number of halogens is 3. The van der Waals surface area contributed by atoms with E-state index >= 15 is 0 Å². The van der Waals surface area contributed by atoms with Crippen LogP contribution in [-0.2, 0) is 28.7 Å². The molecule has 0 unspecified atom stereocenters. The maximum atomic E-state index is 12.7. The van der Waals surface area contributed by atoms with Gasteiger partial charge in [-0.3, -0.25) is 4.79 Å². The maximum Gasteiger partial charge on any atom is 0.262 e. The SMILES string of the molecule is CC(C)(C)CS(=O)(=O)c1ccccc1-c1ccc(C=O)cc1.CC(C)(C)CS(=O)(=O)c1ccccc1Br.O=S(=O)(Cl)c1ccccc1Br. The maximum absolute atomic E-state index is 12.7. The lowest BCUT2D eigenvalue weighted by Crippen LogP contribution is -2.21. The number of carbonyl (C=O) groups excluding carboxylic acids is 1. The van der Waals surface area contributed by atoms with Gasteiger partial charge in [0.15, 0.2) is 19.7 Å². The van der Waals surface area contributed by atoms with Gasteiger partial charge in [0, 0.05) is 30.8 Å². The van der Waals surface area contributed by atoms with E-state index in [1.807, 2.05) is 47.6 Å². The number of sulfone groups is 2. The first-order valence-electron chi connectivity index (χ1n) is 14.5. The van der Waals surface area contributed by atoms with E-state index in [2.05, 4.69) is 31.9 Å². The van der Waals surface area contributed by atoms with Crippen molar-refractivity contribution in [2.45, 2.75) is 56.2 Å². The smallest absolute Gasteiger partial charge is 0.262 e. The van der Waals surface area contributed by atoms with E-state index in [0.717, 1.165) is 11.8 Å². The first-order chi connectivity index (χ1) is 22.0. The van der Waals surface area contributed by atoms with E-state index in [1.165, 1.54) is 6.07 Å². The molecule has 0 aliphatic heterocycles. The molecule has 0 aliphatic carbocycles. The summed E-state index contributed by atoms with van der Waals surface area (Å²) in [7, 11) is -5.08. The number of rotatable bonds is 7. The summed E-state index contributed by atoms with van der Waals surface area (Å²) in [5.41, 5.74) is 1.49. The lowest BCUT2D eigenvalue weighted by Gasteiger charge is -2.19. The third-order valence-electron chi connectivity index (χ3n) is 6.10. The Balaban J connectivity index is 0.000000267. The molecule has 4 rings (SSSR count). The van der Waals surface area contributed by atoms with Crippen molar-refractivity contribution in [1.82, 2.24) is 0 Å². The van der Waals surface area contributed by atoms with Gasteiger partial charge in [-0.05, 0) is 78.6 Å². The van der Waals surface area contributed by atoms with Gasteiger partial charge in [0.2, 0.25) is 0 Å². The molecule has 7 nitrogen and oxygen atoms in total.